The third-order valence-electron chi connectivity index (χ3n) is 16.7. The third kappa shape index (κ3) is 80.0. The Morgan fingerprint density at radius 2 is 0.505 bits per heavy atom. The van der Waals surface area contributed by atoms with Gasteiger partial charge in [0.05, 0.1) is 26.4 Å². The van der Waals surface area contributed by atoms with Gasteiger partial charge < -0.3 is 34.2 Å². The van der Waals surface area contributed by atoms with Crippen molar-refractivity contribution >= 4 is 33.6 Å². The molecule has 0 aromatic rings. The van der Waals surface area contributed by atoms with Crippen molar-refractivity contribution in [2.24, 2.45) is 0 Å². The van der Waals surface area contributed by atoms with Gasteiger partial charge in [-0.05, 0) is 148 Å². The molecule has 105 heavy (non-hydrogen) atoms. The summed E-state index contributed by atoms with van der Waals surface area (Å²) < 4.78 is 61.1. The summed E-state index contributed by atoms with van der Waals surface area (Å²) in [5.74, 6) is -1.64. The molecule has 18 heteroatoms. The third-order valence-corrected chi connectivity index (χ3v) is 18.6. The van der Waals surface area contributed by atoms with E-state index in [1.54, 1.807) is 0 Å². The standard InChI is InChI=1S/C87H146O16P2/c1-4-7-10-13-16-19-22-25-28-31-33-34-35-36-37-38-39-40-41-42-43-44-45-46-48-51-52-55-58-61-64-67-70-73-85(90)97-76-82(88)77-99-104(93,94)100-78-83(89)79-101-105(95,96)102-81-84(103-87(92)75-72-69-66-63-60-57-54-49-30-27-24-21-18-15-12-9-6-3)80-98-86(91)74-71-68-65-62-59-56-53-50-47-32-29-26-23-20-17-14-11-8-5-2/h8-9,11-12,16-21,25-30,33-34,36-37,47,50,54,56-57,59,82-84,88-89H,4-7,10,13-15,22-24,31-32,35,38-46,48-49,51-53,55,58,60-81H2,1-3H3,(H,93,94)(H,95,96)/b11-8-,12-9-,19-16-,20-17-,21-18-,28-25-,29-26-,30-27-,34-33-,37-36-,50-47-,57-54-,59-56-. The Hall–Kier alpha value is -4.83. The maximum Gasteiger partial charge on any atom is 0.472 e. The van der Waals surface area contributed by atoms with Crippen molar-refractivity contribution in [3.8, 4) is 0 Å². The van der Waals surface area contributed by atoms with E-state index in [2.05, 4.69) is 179 Å². The maximum absolute atomic E-state index is 13.0. The number of aliphatic hydroxyl groups is 2. The number of unbranched alkanes of at least 4 members (excludes halogenated alkanes) is 27. The van der Waals surface area contributed by atoms with Crippen LogP contribution in [-0.2, 0) is 55.8 Å². The van der Waals surface area contributed by atoms with Crippen molar-refractivity contribution in [3.63, 3.8) is 0 Å². The molecule has 0 radical (unpaired) electrons. The van der Waals surface area contributed by atoms with E-state index in [0.29, 0.717) is 19.3 Å². The Bertz CT molecular complexity index is 2540. The molecule has 0 saturated heterocycles. The van der Waals surface area contributed by atoms with E-state index in [1.165, 1.54) is 116 Å². The van der Waals surface area contributed by atoms with E-state index in [-0.39, 0.29) is 19.3 Å². The average molecular weight is 1510 g/mol. The summed E-state index contributed by atoms with van der Waals surface area (Å²) >= 11 is 0. The van der Waals surface area contributed by atoms with Gasteiger partial charge in [-0.3, -0.25) is 32.5 Å². The first-order chi connectivity index (χ1) is 51.2. The number of phosphoric ester groups is 2. The minimum atomic E-state index is -4.95. The monoisotopic (exact) mass is 1510 g/mol. The summed E-state index contributed by atoms with van der Waals surface area (Å²) in [7, 11) is -9.82. The van der Waals surface area contributed by atoms with Gasteiger partial charge in [0.1, 0.15) is 25.4 Å². The predicted molar refractivity (Wildman–Crippen MR) is 435 cm³/mol. The minimum Gasteiger partial charge on any atom is -0.463 e. The van der Waals surface area contributed by atoms with Crippen LogP contribution in [0.3, 0.4) is 0 Å². The first-order valence-electron chi connectivity index (χ1n) is 40.8. The number of carbonyl (C=O) groups is 3. The van der Waals surface area contributed by atoms with E-state index in [9.17, 15) is 43.5 Å². The lowest BCUT2D eigenvalue weighted by Gasteiger charge is -2.21. The van der Waals surface area contributed by atoms with E-state index in [4.69, 9.17) is 32.3 Å². The normalized spacial score (nSPS) is 14.8. The Kier molecular flexibility index (Phi) is 75.1. The smallest absolute Gasteiger partial charge is 0.463 e. The quantitative estimate of drug-likeness (QED) is 0.0146. The van der Waals surface area contributed by atoms with Crippen molar-refractivity contribution in [1.29, 1.82) is 0 Å². The molecule has 0 aliphatic heterocycles. The van der Waals surface area contributed by atoms with E-state index in [0.717, 1.165) is 141 Å². The Balaban J connectivity index is 4.51. The Morgan fingerprint density at radius 1 is 0.276 bits per heavy atom. The Labute approximate surface area is 638 Å². The fourth-order valence-corrected chi connectivity index (χ4v) is 12.2. The van der Waals surface area contributed by atoms with Gasteiger partial charge >= 0.3 is 33.6 Å². The topological polar surface area (TPSA) is 231 Å². The van der Waals surface area contributed by atoms with Gasteiger partial charge in [0.2, 0.25) is 0 Å². The first kappa shape index (κ1) is 100. The molecule has 0 aliphatic carbocycles. The van der Waals surface area contributed by atoms with E-state index in [1.807, 2.05) is 0 Å². The number of hydrogen-bond acceptors (Lipinski definition) is 14. The van der Waals surface area contributed by atoms with Crippen LogP contribution >= 0.6 is 15.6 Å². The zero-order valence-electron chi connectivity index (χ0n) is 65.6. The van der Waals surface area contributed by atoms with Gasteiger partial charge in [0.25, 0.3) is 0 Å². The fourth-order valence-electron chi connectivity index (χ4n) is 10.6. The highest BCUT2D eigenvalue weighted by atomic mass is 31.2. The lowest BCUT2D eigenvalue weighted by Crippen LogP contribution is -2.30. The first-order valence-corrected chi connectivity index (χ1v) is 43.8. The minimum absolute atomic E-state index is 0.0638. The summed E-state index contributed by atoms with van der Waals surface area (Å²) in [5.41, 5.74) is 0. The summed E-state index contributed by atoms with van der Waals surface area (Å²) in [4.78, 5) is 58.7. The zero-order valence-corrected chi connectivity index (χ0v) is 67.4. The molecule has 0 saturated carbocycles. The molecule has 0 aromatic heterocycles. The van der Waals surface area contributed by atoms with Crippen LogP contribution in [0.4, 0.5) is 0 Å². The SMILES string of the molecule is CC/C=C\C/C=C\C/C=C\C/C=C\C/C=C\CCCCCC(=O)OCC(COP(=O)(O)OCC(O)COP(=O)(O)OCC(O)COC(=O)CCCCCCCCCCCCCCCCCCC/C=C\C/C=C\C/C=C\C/C=C\CCCCC)OC(=O)CCCCCC/C=C\C/C=C\C/C=C\C/C=C\CC. The zero-order chi connectivity index (χ0) is 76.6. The molecule has 0 rings (SSSR count). The van der Waals surface area contributed by atoms with Gasteiger partial charge in [-0.1, -0.05) is 307 Å². The largest absolute Gasteiger partial charge is 0.472 e. The van der Waals surface area contributed by atoms with Gasteiger partial charge in [-0.2, -0.15) is 0 Å². The molecule has 0 spiro atoms. The van der Waals surface area contributed by atoms with Crippen LogP contribution in [0, 0.1) is 0 Å². The molecule has 0 bridgehead atoms. The van der Waals surface area contributed by atoms with Crippen molar-refractivity contribution in [1.82, 2.24) is 0 Å². The van der Waals surface area contributed by atoms with Gasteiger partial charge in [-0.15, -0.1) is 0 Å². The summed E-state index contributed by atoms with van der Waals surface area (Å²) in [6, 6.07) is 0. The second-order valence-electron chi connectivity index (χ2n) is 26.8. The van der Waals surface area contributed by atoms with Crippen LogP contribution < -0.4 is 0 Å². The number of allylic oxidation sites excluding steroid dienone is 26. The van der Waals surface area contributed by atoms with Gasteiger partial charge in [0, 0.05) is 19.3 Å². The summed E-state index contributed by atoms with van der Waals surface area (Å²) in [6.45, 7) is 2.36. The molecule has 16 nitrogen and oxygen atoms in total. The highest BCUT2D eigenvalue weighted by Crippen LogP contribution is 2.45. The number of aliphatic hydroxyl groups excluding tert-OH is 2. The van der Waals surface area contributed by atoms with Crippen LogP contribution in [-0.4, -0.2) is 95.9 Å². The molecular formula is C87H146O16P2. The van der Waals surface area contributed by atoms with Crippen LogP contribution in [0.2, 0.25) is 0 Å². The molecule has 5 atom stereocenters. The number of esters is 3. The van der Waals surface area contributed by atoms with E-state index < -0.39 is 91.5 Å². The van der Waals surface area contributed by atoms with Crippen LogP contribution in [0.15, 0.2) is 158 Å². The molecule has 0 aliphatic rings. The van der Waals surface area contributed by atoms with Gasteiger partial charge in [-0.25, -0.2) is 9.13 Å². The molecule has 0 amide bonds. The molecule has 0 fully saturated rings. The van der Waals surface area contributed by atoms with Crippen LogP contribution in [0.1, 0.15) is 316 Å². The lowest BCUT2D eigenvalue weighted by atomic mass is 10.0. The molecule has 4 N–H and O–H groups in total. The highest BCUT2D eigenvalue weighted by molar-refractivity contribution is 7.47. The van der Waals surface area contributed by atoms with Crippen LogP contribution in [0.25, 0.3) is 0 Å². The van der Waals surface area contributed by atoms with Gasteiger partial charge in [0.15, 0.2) is 6.10 Å². The second-order valence-corrected chi connectivity index (χ2v) is 29.7. The maximum atomic E-state index is 13.0. The molecule has 0 heterocycles. The number of rotatable bonds is 76. The Morgan fingerprint density at radius 3 is 0.810 bits per heavy atom. The fraction of sp³-hybridized carbons (Fsp3) is 0.667. The molecule has 5 unspecified atom stereocenters. The van der Waals surface area contributed by atoms with E-state index >= 15 is 0 Å². The van der Waals surface area contributed by atoms with Crippen molar-refractivity contribution in [3.05, 3.63) is 158 Å². The van der Waals surface area contributed by atoms with Crippen molar-refractivity contribution in [2.45, 2.75) is 334 Å². The second kappa shape index (κ2) is 78.7. The van der Waals surface area contributed by atoms with Crippen molar-refractivity contribution in [2.75, 3.05) is 39.6 Å². The predicted octanol–water partition coefficient (Wildman–Crippen LogP) is 24.2. The molecule has 0 aromatic carbocycles. The van der Waals surface area contributed by atoms with Crippen molar-refractivity contribution < 1.29 is 75.8 Å². The number of carbonyl (C=O) groups excluding carboxylic acids is 3. The lowest BCUT2D eigenvalue weighted by molar-refractivity contribution is -0.161. The summed E-state index contributed by atoms with van der Waals surface area (Å²) in [5, 5.41) is 20.7. The number of phosphoric acid groups is 2. The number of hydrogen-bond donors (Lipinski definition) is 4. The van der Waals surface area contributed by atoms with Crippen LogP contribution in [0.5, 0.6) is 0 Å². The molecule has 600 valence electrons. The highest BCUT2D eigenvalue weighted by Gasteiger charge is 2.29. The molecular weight excluding hydrogens is 1360 g/mol. The average Bonchev–Trinajstić information content (AvgIpc) is 0.915. The number of ether oxygens (including phenoxy) is 3. The summed E-state index contributed by atoms with van der Waals surface area (Å²) in [6.07, 6.45) is 98.8.